The number of halogens is 1. The van der Waals surface area contributed by atoms with Gasteiger partial charge in [0.2, 0.25) is 0 Å². The first-order valence-corrected chi connectivity index (χ1v) is 23.0. The summed E-state index contributed by atoms with van der Waals surface area (Å²) in [5.41, 5.74) is 1.09. The molecule has 0 spiro atoms. The minimum absolute atomic E-state index is 0.133. The molecule has 73 heavy (non-hydrogen) atoms. The Balaban J connectivity index is 0.000000631. The number of amides is 1. The van der Waals surface area contributed by atoms with Gasteiger partial charge in [-0.25, -0.2) is 43.7 Å². The van der Waals surface area contributed by atoms with Gasteiger partial charge >= 0.3 is 53.7 Å². The summed E-state index contributed by atoms with van der Waals surface area (Å²) in [4.78, 5) is 123. The van der Waals surface area contributed by atoms with E-state index >= 15 is 0 Å². The van der Waals surface area contributed by atoms with Crippen LogP contribution in [0.15, 0.2) is 48.1 Å². The summed E-state index contributed by atoms with van der Waals surface area (Å²) in [7, 11) is 0. The van der Waals surface area contributed by atoms with Gasteiger partial charge < -0.3 is 61.1 Å². The van der Waals surface area contributed by atoms with E-state index in [0.29, 0.717) is 59.4 Å². The van der Waals surface area contributed by atoms with Crippen molar-refractivity contribution in [2.75, 3.05) is 42.9 Å². The number of hydrogen-bond donors (Lipinski definition) is 12. The molecule has 1 amide bonds. The van der Waals surface area contributed by atoms with E-state index in [-0.39, 0.29) is 24.1 Å². The minimum atomic E-state index is -1.79. The number of nitrogens with one attached hydrogen (secondary N) is 1. The summed E-state index contributed by atoms with van der Waals surface area (Å²) < 4.78 is 0. The van der Waals surface area contributed by atoms with Crippen LogP contribution in [0.1, 0.15) is 61.3 Å². The van der Waals surface area contributed by atoms with E-state index in [1.807, 2.05) is 11.4 Å². The van der Waals surface area contributed by atoms with Crippen LogP contribution in [0.3, 0.4) is 0 Å². The Bertz CT molecular complexity index is 2350. The summed E-state index contributed by atoms with van der Waals surface area (Å²) in [5, 5.41) is 94.5. The van der Waals surface area contributed by atoms with Crippen molar-refractivity contribution in [1.29, 1.82) is 0 Å². The highest BCUT2D eigenvalue weighted by molar-refractivity contribution is 7.17. The van der Waals surface area contributed by atoms with E-state index < -0.39 is 78.8 Å². The average Bonchev–Trinajstić information content (AvgIpc) is 4.04. The highest BCUT2D eigenvalue weighted by atomic mass is 35.5. The Morgan fingerprint density at radius 2 is 1.26 bits per heavy atom. The molecule has 0 aromatic carbocycles. The van der Waals surface area contributed by atoms with Gasteiger partial charge in [-0.1, -0.05) is 22.9 Å². The number of thiophene rings is 1. The highest BCUT2D eigenvalue weighted by Gasteiger charge is 2.27. The smallest absolute Gasteiger partial charge is 0.333 e. The third kappa shape index (κ3) is 26.5. The Morgan fingerprint density at radius 3 is 1.63 bits per heavy atom. The third-order valence-electron chi connectivity index (χ3n) is 9.37. The van der Waals surface area contributed by atoms with Crippen molar-refractivity contribution < 1.29 is 104 Å². The number of aromatic nitrogens is 3. The maximum atomic E-state index is 13.0. The number of aliphatic carboxylic acids is 9. The molecule has 4 atom stereocenters. The lowest BCUT2D eigenvalue weighted by Crippen LogP contribution is -2.52. The number of likely N-dealkylation sites (tertiary alicyclic amines) is 1. The number of anilines is 2. The van der Waals surface area contributed by atoms with Crippen LogP contribution in [0, 0.1) is 0 Å². The average molecular weight is 1090 g/mol. The van der Waals surface area contributed by atoms with Crippen molar-refractivity contribution >= 4 is 105 Å². The largest absolute Gasteiger partial charge is 0.481 e. The number of hydrogen-bond acceptors (Lipinski definition) is 20. The van der Waals surface area contributed by atoms with Gasteiger partial charge in [0, 0.05) is 79.4 Å². The van der Waals surface area contributed by atoms with E-state index in [1.54, 1.807) is 17.5 Å². The number of nitrogens with zero attached hydrogens (tertiary/aromatic N) is 6. The zero-order chi connectivity index (χ0) is 55.5. The van der Waals surface area contributed by atoms with Crippen molar-refractivity contribution in [1.82, 2.24) is 24.8 Å². The van der Waals surface area contributed by atoms with Crippen LogP contribution in [-0.2, 0) is 49.7 Å². The predicted octanol–water partition coefficient (Wildman–Crippen LogP) is 1.77. The second-order valence-electron chi connectivity index (χ2n) is 15.0. The van der Waals surface area contributed by atoms with Crippen LogP contribution in [-0.4, -0.2) is 198 Å². The molecule has 2 unspecified atom stereocenters. The standard InChI is InChI=1S/C26H32ClN7O3S2.2C4H6O5.2C4H4O4/c1-16-4-3-6-33(16)14-21-24(20-10-18(27)15-38-20)30-26(39-21)31-25(37)19-11-29-22(12-28-19)34-9-8-32(17(2)13-34)7-5-23(35)36;2*5-2(4(8)9)1-3(6)7;2*5-3(6)1-2-4(7)8/h10-12,15-17H,3-9,13-14H2,1-2H3,(H,35,36)(H,30,31,37);2*2,5H,1H2,(H,6,7)(H,8,9);2*1-2H,(H,5,6)(H,7,8)/b;;;2*2-1-/t16-,17+;;;;/m1..../s1. The Labute approximate surface area is 426 Å². The summed E-state index contributed by atoms with van der Waals surface area (Å²) >= 11 is 9.24. The topological polar surface area (TPSA) is 454 Å². The van der Waals surface area contributed by atoms with E-state index in [9.17, 15) is 47.9 Å². The van der Waals surface area contributed by atoms with Crippen molar-refractivity contribution in [3.63, 3.8) is 0 Å². The normalized spacial score (nSPS) is 16.1. The molecule has 3 aromatic heterocycles. The lowest BCUT2D eigenvalue weighted by Gasteiger charge is -2.40. The second kappa shape index (κ2) is 32.5. The first-order valence-electron chi connectivity index (χ1n) is 20.9. The molecule has 0 bridgehead atoms. The first-order chi connectivity index (χ1) is 34.1. The summed E-state index contributed by atoms with van der Waals surface area (Å²) in [6.07, 6.45) is 2.77. The van der Waals surface area contributed by atoms with Gasteiger partial charge in [0.15, 0.2) is 17.3 Å². The first kappa shape index (κ1) is 63.5. The van der Waals surface area contributed by atoms with Gasteiger partial charge in [0.1, 0.15) is 11.5 Å². The SMILES string of the molecule is C[C@@H]1CCCN1Cc1sc(NC(=O)c2cnc(N3CCN(CCC(=O)O)[C@@H](C)C3)cn2)nc1-c1cc(Cl)cs1.O=C(O)/C=C\C(=O)O.O=C(O)/C=C\C(=O)O.O=C(O)CC(O)C(=O)O.O=C(O)CC(O)C(=O)O. The fourth-order valence-electron chi connectivity index (χ4n) is 5.88. The van der Waals surface area contributed by atoms with Crippen molar-refractivity contribution in [3.8, 4) is 10.6 Å². The predicted molar refractivity (Wildman–Crippen MR) is 256 cm³/mol. The van der Waals surface area contributed by atoms with Gasteiger partial charge in [0.25, 0.3) is 5.91 Å². The Kier molecular flexibility index (Phi) is 28.3. The quantitative estimate of drug-likeness (QED) is 0.0761. The maximum absolute atomic E-state index is 13.0. The number of rotatable bonds is 19. The van der Waals surface area contributed by atoms with Gasteiger partial charge in [-0.15, -0.1) is 11.3 Å². The zero-order valence-corrected chi connectivity index (χ0v) is 41.0. The van der Waals surface area contributed by atoms with E-state index in [2.05, 4.69) is 43.8 Å². The van der Waals surface area contributed by atoms with E-state index in [4.69, 9.17) is 72.8 Å². The molecule has 400 valence electrons. The molecule has 2 saturated heterocycles. The number of aliphatic hydroxyl groups excluding tert-OH is 2. The molecular formula is C42H52ClN7O21S2. The van der Waals surface area contributed by atoms with E-state index in [1.165, 1.54) is 30.4 Å². The second-order valence-corrected chi connectivity index (χ2v) is 17.4. The van der Waals surface area contributed by atoms with Crippen molar-refractivity contribution in [2.45, 2.75) is 76.8 Å². The molecule has 3 aromatic rings. The molecular weight excluding hydrogens is 1040 g/mol. The van der Waals surface area contributed by atoms with Crippen LogP contribution in [0.4, 0.5) is 10.9 Å². The molecule has 0 saturated carbocycles. The molecule has 2 aliphatic rings. The molecule has 5 heterocycles. The summed E-state index contributed by atoms with van der Waals surface area (Å²) in [6.45, 7) is 8.89. The highest BCUT2D eigenvalue weighted by Crippen LogP contribution is 2.38. The summed E-state index contributed by atoms with van der Waals surface area (Å²) in [6, 6.07) is 2.63. The lowest BCUT2D eigenvalue weighted by atomic mass is 10.2. The number of carbonyl (C=O) groups excluding carboxylic acids is 1. The molecule has 2 fully saturated rings. The van der Waals surface area contributed by atoms with E-state index in [0.717, 1.165) is 41.6 Å². The Morgan fingerprint density at radius 1 is 0.726 bits per heavy atom. The Hall–Kier alpha value is -7.48. The summed E-state index contributed by atoms with van der Waals surface area (Å²) in [5.74, 6) is -11.2. The van der Waals surface area contributed by atoms with Crippen LogP contribution in [0.5, 0.6) is 0 Å². The number of carboxylic acids is 9. The van der Waals surface area contributed by atoms with Crippen LogP contribution in [0.2, 0.25) is 5.02 Å². The number of carbonyl (C=O) groups is 10. The fraction of sp³-hybridized carbons (Fsp3) is 0.405. The lowest BCUT2D eigenvalue weighted by molar-refractivity contribution is -0.153. The van der Waals surface area contributed by atoms with Crippen LogP contribution < -0.4 is 10.2 Å². The molecule has 28 nitrogen and oxygen atoms in total. The molecule has 0 radical (unpaired) electrons. The van der Waals surface area contributed by atoms with Gasteiger partial charge in [-0.05, 0) is 39.3 Å². The van der Waals surface area contributed by atoms with Gasteiger partial charge in [0.05, 0.1) is 47.2 Å². The number of aliphatic hydroxyl groups is 2. The van der Waals surface area contributed by atoms with Gasteiger partial charge in [-0.3, -0.25) is 34.3 Å². The molecule has 31 heteroatoms. The third-order valence-corrected chi connectivity index (χ3v) is 11.6. The van der Waals surface area contributed by atoms with Crippen LogP contribution >= 0.6 is 34.3 Å². The number of carboxylic acid groups (broad SMARTS) is 9. The fourth-order valence-corrected chi connectivity index (χ4v) is 8.03. The van der Waals surface area contributed by atoms with Crippen molar-refractivity contribution in [3.05, 3.63) is 63.7 Å². The monoisotopic (exact) mass is 1090 g/mol. The number of piperazine rings is 1. The van der Waals surface area contributed by atoms with Crippen molar-refractivity contribution in [2.24, 2.45) is 0 Å². The molecule has 2 aliphatic heterocycles. The van der Waals surface area contributed by atoms with Gasteiger partial charge in [-0.2, -0.15) is 0 Å². The minimum Gasteiger partial charge on any atom is -0.481 e. The molecule has 0 aliphatic carbocycles. The molecule has 5 rings (SSSR count). The maximum Gasteiger partial charge on any atom is 0.333 e. The zero-order valence-electron chi connectivity index (χ0n) is 38.6. The van der Waals surface area contributed by atoms with Crippen LogP contribution in [0.25, 0.3) is 10.6 Å². The molecule has 12 N–H and O–H groups in total. The number of thiazole rings is 1.